The molecule has 1 aromatic carbocycles. The lowest BCUT2D eigenvalue weighted by Crippen LogP contribution is -2.32. The third-order valence-corrected chi connectivity index (χ3v) is 2.87. The average molecular weight is 244 g/mol. The minimum atomic E-state index is -1.19. The molecule has 0 unspecified atom stereocenters. The molecular formula is C14H14NO3. The molecule has 0 saturated carbocycles. The zero-order valence-electron chi connectivity index (χ0n) is 10.3. The van der Waals surface area contributed by atoms with E-state index in [0.717, 1.165) is 5.56 Å². The van der Waals surface area contributed by atoms with E-state index < -0.39 is 5.79 Å². The quantitative estimate of drug-likeness (QED) is 0.777. The first-order chi connectivity index (χ1) is 8.74. The fourth-order valence-corrected chi connectivity index (χ4v) is 2.00. The van der Waals surface area contributed by atoms with Crippen LogP contribution in [0, 0.1) is 0 Å². The first-order valence-electron chi connectivity index (χ1n) is 5.52. The molecule has 0 bridgehead atoms. The molecule has 0 saturated heterocycles. The molecule has 2 rings (SSSR count). The predicted octanol–water partition coefficient (Wildman–Crippen LogP) is 2.72. The maximum absolute atomic E-state index is 11.9. The van der Waals surface area contributed by atoms with Gasteiger partial charge in [0.2, 0.25) is 11.5 Å². The summed E-state index contributed by atoms with van der Waals surface area (Å²) in [6, 6.07) is 11.0. The number of ether oxygens (including phenoxy) is 2. The minimum Gasteiger partial charge on any atom is -0.345 e. The van der Waals surface area contributed by atoms with Crippen molar-refractivity contribution < 1.29 is 14.6 Å². The van der Waals surface area contributed by atoms with Crippen molar-refractivity contribution >= 4 is 0 Å². The molecule has 0 aliphatic carbocycles. The van der Waals surface area contributed by atoms with E-state index in [4.69, 9.17) is 9.47 Å². The number of benzene rings is 1. The average Bonchev–Trinajstić information content (AvgIpc) is 2.44. The Kier molecular flexibility index (Phi) is 3.60. The smallest absolute Gasteiger partial charge is 0.225 e. The number of methoxy groups -OCH3 is 2. The molecule has 2 aromatic rings. The summed E-state index contributed by atoms with van der Waals surface area (Å²) in [6.45, 7) is 0. The number of pyridine rings is 1. The van der Waals surface area contributed by atoms with Crippen LogP contribution in [0.25, 0.3) is 0 Å². The Labute approximate surface area is 106 Å². The second kappa shape index (κ2) is 5.16. The number of nitrogens with zero attached hydrogens (tertiary/aromatic N) is 1. The van der Waals surface area contributed by atoms with Gasteiger partial charge in [-0.15, -0.1) is 0 Å². The first kappa shape index (κ1) is 12.5. The molecule has 4 nitrogen and oxygen atoms in total. The van der Waals surface area contributed by atoms with E-state index in [1.165, 1.54) is 20.4 Å². The van der Waals surface area contributed by atoms with Crippen molar-refractivity contribution in [2.24, 2.45) is 0 Å². The lowest BCUT2D eigenvalue weighted by atomic mass is 9.97. The lowest BCUT2D eigenvalue weighted by Gasteiger charge is -2.31. The van der Waals surface area contributed by atoms with Crippen molar-refractivity contribution in [3.8, 4) is 5.75 Å². The van der Waals surface area contributed by atoms with Crippen molar-refractivity contribution in [3.05, 3.63) is 59.9 Å². The molecule has 1 radical (unpaired) electrons. The van der Waals surface area contributed by atoms with Crippen molar-refractivity contribution in [1.82, 2.24) is 4.98 Å². The van der Waals surface area contributed by atoms with Gasteiger partial charge in [0, 0.05) is 26.0 Å². The van der Waals surface area contributed by atoms with Gasteiger partial charge in [0.05, 0.1) is 11.8 Å². The van der Waals surface area contributed by atoms with E-state index in [-0.39, 0.29) is 5.75 Å². The molecule has 93 valence electrons. The number of rotatable bonds is 4. The second-order valence-corrected chi connectivity index (χ2v) is 3.76. The molecule has 0 spiro atoms. The topological polar surface area (TPSA) is 51.2 Å². The molecule has 4 heteroatoms. The highest BCUT2D eigenvalue weighted by atomic mass is 16.7. The Morgan fingerprint density at radius 2 is 1.72 bits per heavy atom. The normalized spacial score (nSPS) is 11.4. The van der Waals surface area contributed by atoms with Crippen LogP contribution in [-0.4, -0.2) is 19.2 Å². The zero-order chi connectivity index (χ0) is 13.0. The van der Waals surface area contributed by atoms with Gasteiger partial charge in [-0.25, -0.2) is 0 Å². The van der Waals surface area contributed by atoms with Crippen LogP contribution in [0.1, 0.15) is 11.1 Å². The van der Waals surface area contributed by atoms with Gasteiger partial charge in [-0.05, 0) is 6.07 Å². The molecule has 0 fully saturated rings. The van der Waals surface area contributed by atoms with E-state index in [1.807, 2.05) is 30.3 Å². The molecule has 1 heterocycles. The summed E-state index contributed by atoms with van der Waals surface area (Å²) in [5, 5.41) is 11.9. The highest BCUT2D eigenvalue weighted by Gasteiger charge is 2.37. The van der Waals surface area contributed by atoms with Crippen molar-refractivity contribution in [2.45, 2.75) is 5.79 Å². The molecule has 0 N–H and O–H groups in total. The highest BCUT2D eigenvalue weighted by Crippen LogP contribution is 2.38. The molecular weight excluding hydrogens is 230 g/mol. The second-order valence-electron chi connectivity index (χ2n) is 3.76. The Morgan fingerprint density at radius 3 is 2.28 bits per heavy atom. The Bertz CT molecular complexity index is 509. The van der Waals surface area contributed by atoms with Gasteiger partial charge in [-0.3, -0.25) is 10.1 Å². The Morgan fingerprint density at radius 1 is 1.06 bits per heavy atom. The highest BCUT2D eigenvalue weighted by molar-refractivity contribution is 5.40. The Balaban J connectivity index is 2.62. The lowest BCUT2D eigenvalue weighted by molar-refractivity contribution is -0.185. The van der Waals surface area contributed by atoms with Crippen LogP contribution in [0.3, 0.4) is 0 Å². The SMILES string of the molecule is COC(OC)(c1ccccc1)c1ccncc1[O]. The summed E-state index contributed by atoms with van der Waals surface area (Å²) in [5.74, 6) is -1.41. The van der Waals surface area contributed by atoms with Gasteiger partial charge in [0.15, 0.2) is 0 Å². The van der Waals surface area contributed by atoms with Gasteiger partial charge in [-0.1, -0.05) is 30.3 Å². The third kappa shape index (κ3) is 1.96. The largest absolute Gasteiger partial charge is 0.345 e. The number of hydrogen-bond acceptors (Lipinski definition) is 3. The minimum absolute atomic E-state index is 0.218. The van der Waals surface area contributed by atoms with Crippen molar-refractivity contribution in [1.29, 1.82) is 0 Å². The zero-order valence-corrected chi connectivity index (χ0v) is 10.3. The summed E-state index contributed by atoms with van der Waals surface area (Å²) >= 11 is 0. The van der Waals surface area contributed by atoms with Gasteiger partial charge in [0.1, 0.15) is 0 Å². The third-order valence-electron chi connectivity index (χ3n) is 2.87. The van der Waals surface area contributed by atoms with Crippen LogP contribution in [0.5, 0.6) is 5.75 Å². The van der Waals surface area contributed by atoms with Gasteiger partial charge < -0.3 is 9.47 Å². The molecule has 1 aromatic heterocycles. The van der Waals surface area contributed by atoms with Crippen LogP contribution < -0.4 is 0 Å². The van der Waals surface area contributed by atoms with Gasteiger partial charge in [-0.2, -0.15) is 0 Å². The molecule has 0 aliphatic rings. The summed E-state index contributed by atoms with van der Waals surface area (Å²) in [4.78, 5) is 3.80. The standard InChI is InChI=1S/C14H14NO3/c1-17-14(18-2,11-6-4-3-5-7-11)12-8-9-15-10-13(12)16/h3-10H,1-2H3. The maximum atomic E-state index is 11.9. The summed E-state index contributed by atoms with van der Waals surface area (Å²) in [5.41, 5.74) is 1.17. The van der Waals surface area contributed by atoms with Crippen LogP contribution in [0.4, 0.5) is 0 Å². The van der Waals surface area contributed by atoms with Gasteiger partial charge in [0.25, 0.3) is 0 Å². The van der Waals surface area contributed by atoms with E-state index >= 15 is 0 Å². The molecule has 18 heavy (non-hydrogen) atoms. The van der Waals surface area contributed by atoms with E-state index in [0.29, 0.717) is 5.56 Å². The van der Waals surface area contributed by atoms with E-state index in [9.17, 15) is 5.11 Å². The first-order valence-corrected chi connectivity index (χ1v) is 5.52. The molecule has 0 aliphatic heterocycles. The summed E-state index contributed by atoms with van der Waals surface area (Å²) in [7, 11) is 3.02. The van der Waals surface area contributed by atoms with Crippen molar-refractivity contribution in [3.63, 3.8) is 0 Å². The number of aromatic nitrogens is 1. The number of hydrogen-bond donors (Lipinski definition) is 0. The van der Waals surface area contributed by atoms with Crippen LogP contribution >= 0.6 is 0 Å². The Hall–Kier alpha value is -1.91. The van der Waals surface area contributed by atoms with Crippen molar-refractivity contribution in [2.75, 3.05) is 14.2 Å². The van der Waals surface area contributed by atoms with Gasteiger partial charge >= 0.3 is 0 Å². The predicted molar refractivity (Wildman–Crippen MR) is 65.6 cm³/mol. The van der Waals surface area contributed by atoms with Crippen LogP contribution in [-0.2, 0) is 20.4 Å². The maximum Gasteiger partial charge on any atom is 0.225 e. The van der Waals surface area contributed by atoms with E-state index in [2.05, 4.69) is 4.98 Å². The summed E-state index contributed by atoms with van der Waals surface area (Å²) in [6.07, 6.45) is 2.80. The fourth-order valence-electron chi connectivity index (χ4n) is 2.00. The molecule has 0 atom stereocenters. The van der Waals surface area contributed by atoms with E-state index in [1.54, 1.807) is 12.3 Å². The monoisotopic (exact) mass is 244 g/mol. The summed E-state index contributed by atoms with van der Waals surface area (Å²) < 4.78 is 11.0. The van der Waals surface area contributed by atoms with Crippen LogP contribution in [0.15, 0.2) is 48.8 Å². The fraction of sp³-hybridized carbons (Fsp3) is 0.214. The van der Waals surface area contributed by atoms with Crippen LogP contribution in [0.2, 0.25) is 0 Å². The molecule has 0 amide bonds.